The predicted molar refractivity (Wildman–Crippen MR) is 136 cm³/mol. The first kappa shape index (κ1) is 25.3. The first-order chi connectivity index (χ1) is 16.0. The maximum absolute atomic E-state index is 11.4. The lowest BCUT2D eigenvalue weighted by Crippen LogP contribution is -2.29. The first-order valence-electron chi connectivity index (χ1n) is 12.4. The molecule has 176 valence electrons. The molecule has 0 aliphatic carbocycles. The standard InChI is InChI=1S/C28H36N2O2S/c1-5-21-20-26-25(28(6-2,7-3)17-18-33-26)19-22(21)13-14-24-16-15-23(29-30-24)11-9-10-12-27(31)32-8-4/h15-16,19-20H,5-12,17-18H2,1-4H3. The van der Waals surface area contributed by atoms with Crippen molar-refractivity contribution in [1.29, 1.82) is 0 Å². The van der Waals surface area contributed by atoms with E-state index in [1.807, 2.05) is 30.8 Å². The van der Waals surface area contributed by atoms with Gasteiger partial charge in [-0.25, -0.2) is 0 Å². The minimum atomic E-state index is -0.128. The van der Waals surface area contributed by atoms with Gasteiger partial charge >= 0.3 is 5.97 Å². The van der Waals surface area contributed by atoms with E-state index in [1.54, 1.807) is 0 Å². The van der Waals surface area contributed by atoms with E-state index in [2.05, 4.69) is 54.9 Å². The molecule has 0 atom stereocenters. The molecule has 4 nitrogen and oxygen atoms in total. The van der Waals surface area contributed by atoms with Gasteiger partial charge in [-0.2, -0.15) is 5.10 Å². The van der Waals surface area contributed by atoms with E-state index in [9.17, 15) is 4.79 Å². The summed E-state index contributed by atoms with van der Waals surface area (Å²) in [5, 5.41) is 8.66. The van der Waals surface area contributed by atoms with Crippen LogP contribution < -0.4 is 0 Å². The molecule has 1 aromatic heterocycles. The van der Waals surface area contributed by atoms with Gasteiger partial charge in [-0.15, -0.1) is 16.9 Å². The Morgan fingerprint density at radius 1 is 1.09 bits per heavy atom. The van der Waals surface area contributed by atoms with Gasteiger partial charge in [0, 0.05) is 16.9 Å². The van der Waals surface area contributed by atoms with Crippen molar-refractivity contribution in [3.8, 4) is 11.8 Å². The summed E-state index contributed by atoms with van der Waals surface area (Å²) in [5.41, 5.74) is 5.81. The highest BCUT2D eigenvalue weighted by molar-refractivity contribution is 7.99. The molecule has 3 rings (SSSR count). The van der Waals surface area contributed by atoms with Crippen LogP contribution in [0.25, 0.3) is 0 Å². The number of ether oxygens (including phenoxy) is 1. The maximum atomic E-state index is 11.4. The molecule has 1 aromatic carbocycles. The topological polar surface area (TPSA) is 52.1 Å². The summed E-state index contributed by atoms with van der Waals surface area (Å²) < 4.78 is 4.96. The Labute approximate surface area is 203 Å². The van der Waals surface area contributed by atoms with Crippen molar-refractivity contribution in [1.82, 2.24) is 10.2 Å². The van der Waals surface area contributed by atoms with Crippen molar-refractivity contribution in [2.75, 3.05) is 12.4 Å². The number of unbranched alkanes of at least 4 members (excludes halogenated alkanes) is 1. The lowest BCUT2D eigenvalue weighted by Gasteiger charge is -2.38. The van der Waals surface area contributed by atoms with E-state index in [-0.39, 0.29) is 11.4 Å². The molecule has 2 aromatic rings. The van der Waals surface area contributed by atoms with Crippen molar-refractivity contribution >= 4 is 17.7 Å². The Bertz CT molecular complexity index is 1000. The number of hydrogen-bond acceptors (Lipinski definition) is 5. The molecular formula is C28H36N2O2S. The van der Waals surface area contributed by atoms with Crippen LogP contribution in [-0.4, -0.2) is 28.5 Å². The monoisotopic (exact) mass is 464 g/mol. The maximum Gasteiger partial charge on any atom is 0.305 e. The molecule has 33 heavy (non-hydrogen) atoms. The number of thioether (sulfide) groups is 1. The van der Waals surface area contributed by atoms with Crippen molar-refractivity contribution in [2.24, 2.45) is 0 Å². The van der Waals surface area contributed by atoms with Gasteiger partial charge in [0.2, 0.25) is 0 Å². The van der Waals surface area contributed by atoms with Crippen LogP contribution in [-0.2, 0) is 27.8 Å². The number of esters is 1. The quantitative estimate of drug-likeness (QED) is 0.249. The summed E-state index contributed by atoms with van der Waals surface area (Å²) in [7, 11) is 0. The molecular weight excluding hydrogens is 428 g/mol. The predicted octanol–water partition coefficient (Wildman–Crippen LogP) is 6.27. The van der Waals surface area contributed by atoms with Gasteiger partial charge in [-0.1, -0.05) is 26.7 Å². The smallest absolute Gasteiger partial charge is 0.305 e. The molecule has 0 amide bonds. The molecule has 0 saturated carbocycles. The zero-order valence-electron chi connectivity index (χ0n) is 20.5. The van der Waals surface area contributed by atoms with Crippen LogP contribution in [0.3, 0.4) is 0 Å². The van der Waals surface area contributed by atoms with Crippen LogP contribution in [0.1, 0.15) is 94.3 Å². The largest absolute Gasteiger partial charge is 0.466 e. The Hall–Kier alpha value is -2.32. The summed E-state index contributed by atoms with van der Waals surface area (Å²) in [5.74, 6) is 7.71. The van der Waals surface area contributed by atoms with E-state index in [4.69, 9.17) is 4.74 Å². The second kappa shape index (κ2) is 12.2. The molecule has 0 spiro atoms. The molecule has 0 fully saturated rings. The van der Waals surface area contributed by atoms with E-state index < -0.39 is 0 Å². The summed E-state index contributed by atoms with van der Waals surface area (Å²) in [6, 6.07) is 8.66. The molecule has 5 heteroatoms. The number of carbonyl (C=O) groups excluding carboxylic acids is 1. The molecule has 1 aliphatic heterocycles. The van der Waals surface area contributed by atoms with Crippen molar-refractivity contribution in [2.45, 2.75) is 89.4 Å². The highest BCUT2D eigenvalue weighted by Gasteiger charge is 2.34. The Morgan fingerprint density at radius 2 is 1.91 bits per heavy atom. The minimum absolute atomic E-state index is 0.128. The second-order valence-corrected chi connectivity index (χ2v) is 9.75. The van der Waals surface area contributed by atoms with Crippen LogP contribution in [0.15, 0.2) is 29.2 Å². The van der Waals surface area contributed by atoms with Gasteiger partial charge in [0.15, 0.2) is 0 Å². The van der Waals surface area contributed by atoms with Crippen LogP contribution in [0.5, 0.6) is 0 Å². The average molecular weight is 465 g/mol. The van der Waals surface area contributed by atoms with Crippen molar-refractivity contribution < 1.29 is 9.53 Å². The summed E-state index contributed by atoms with van der Waals surface area (Å²) in [6.45, 7) is 9.10. The van der Waals surface area contributed by atoms with Gasteiger partial charge in [0.25, 0.3) is 0 Å². The Kier molecular flexibility index (Phi) is 9.38. The SMILES string of the molecule is CCOC(=O)CCCCc1ccc(C#Cc2cc3c(cc2CC)SCCC3(CC)CC)nn1. The first-order valence-corrected chi connectivity index (χ1v) is 13.3. The normalized spacial score (nSPS) is 14.2. The number of fused-ring (bicyclic) bond motifs is 1. The number of aryl methyl sites for hydroxylation is 2. The number of aromatic nitrogens is 2. The fraction of sp³-hybridized carbons (Fsp3) is 0.536. The minimum Gasteiger partial charge on any atom is -0.466 e. The molecule has 2 heterocycles. The van der Waals surface area contributed by atoms with Gasteiger partial charge in [0.05, 0.1) is 12.3 Å². The van der Waals surface area contributed by atoms with E-state index >= 15 is 0 Å². The number of rotatable bonds is 9. The third-order valence-corrected chi connectivity index (χ3v) is 7.82. The summed E-state index contributed by atoms with van der Waals surface area (Å²) in [6.07, 6.45) is 7.50. The zero-order valence-corrected chi connectivity index (χ0v) is 21.3. The number of hydrogen-bond donors (Lipinski definition) is 0. The van der Waals surface area contributed by atoms with E-state index in [0.717, 1.165) is 36.9 Å². The van der Waals surface area contributed by atoms with Crippen LogP contribution >= 0.6 is 11.8 Å². The molecule has 0 N–H and O–H groups in total. The highest BCUT2D eigenvalue weighted by atomic mass is 32.2. The van der Waals surface area contributed by atoms with E-state index in [0.29, 0.717) is 18.7 Å². The molecule has 1 aliphatic rings. The summed E-state index contributed by atoms with van der Waals surface area (Å²) >= 11 is 1.99. The molecule has 0 saturated heterocycles. The van der Waals surface area contributed by atoms with Gasteiger partial charge in [0.1, 0.15) is 5.69 Å². The third kappa shape index (κ3) is 6.38. The Balaban J connectivity index is 1.71. The zero-order chi connectivity index (χ0) is 23.7. The van der Waals surface area contributed by atoms with Gasteiger partial charge in [-0.05, 0) is 104 Å². The highest BCUT2D eigenvalue weighted by Crippen LogP contribution is 2.46. The summed E-state index contributed by atoms with van der Waals surface area (Å²) in [4.78, 5) is 12.9. The third-order valence-electron chi connectivity index (χ3n) is 6.76. The van der Waals surface area contributed by atoms with Crippen LogP contribution in [0, 0.1) is 11.8 Å². The fourth-order valence-electron chi connectivity index (χ4n) is 4.54. The van der Waals surface area contributed by atoms with E-state index in [1.165, 1.54) is 41.0 Å². The van der Waals surface area contributed by atoms with Gasteiger partial charge < -0.3 is 4.74 Å². The molecule has 0 radical (unpaired) electrons. The van der Waals surface area contributed by atoms with Crippen molar-refractivity contribution in [3.63, 3.8) is 0 Å². The van der Waals surface area contributed by atoms with Gasteiger partial charge in [-0.3, -0.25) is 4.79 Å². The fourth-order valence-corrected chi connectivity index (χ4v) is 5.91. The molecule has 0 bridgehead atoms. The molecule has 0 unspecified atom stereocenters. The van der Waals surface area contributed by atoms with Crippen LogP contribution in [0.4, 0.5) is 0 Å². The number of nitrogens with zero attached hydrogens (tertiary/aromatic N) is 2. The number of benzene rings is 1. The lowest BCUT2D eigenvalue weighted by atomic mass is 9.72. The van der Waals surface area contributed by atoms with Crippen molar-refractivity contribution in [3.05, 3.63) is 52.3 Å². The van der Waals surface area contributed by atoms with Crippen LogP contribution in [0.2, 0.25) is 0 Å². The second-order valence-electron chi connectivity index (χ2n) is 8.62. The lowest BCUT2D eigenvalue weighted by molar-refractivity contribution is -0.143. The Morgan fingerprint density at radius 3 is 2.58 bits per heavy atom. The number of carbonyl (C=O) groups is 1. The average Bonchev–Trinajstić information content (AvgIpc) is 2.85.